The standard InChI is InChI=1S/C22H18F3N5O/c1-12-20-15(21(28(2)27-20)14-9-16(23)19(25)17(24)10-14)5-7-30(12)22(31)13-3-4-18-26-6-8-29(18)11-13/h3-4,6,8-12H,5,7H2,1-2H3/t12-/m0/s1. The Hall–Kier alpha value is -3.62. The van der Waals surface area contributed by atoms with Crippen LogP contribution in [-0.4, -0.2) is 36.5 Å². The predicted molar refractivity (Wildman–Crippen MR) is 107 cm³/mol. The number of hydrogen-bond donors (Lipinski definition) is 0. The summed E-state index contributed by atoms with van der Waals surface area (Å²) < 4.78 is 44.3. The number of amides is 1. The van der Waals surface area contributed by atoms with E-state index in [1.165, 1.54) is 4.68 Å². The third-order valence-corrected chi connectivity index (χ3v) is 5.80. The molecule has 0 aliphatic carbocycles. The second-order valence-corrected chi connectivity index (χ2v) is 7.62. The van der Waals surface area contributed by atoms with Gasteiger partial charge in [-0.05, 0) is 37.6 Å². The van der Waals surface area contributed by atoms with Crippen LogP contribution in [-0.2, 0) is 13.5 Å². The number of carbonyl (C=O) groups excluding carboxylic acids is 1. The van der Waals surface area contributed by atoms with Gasteiger partial charge in [-0.25, -0.2) is 18.2 Å². The van der Waals surface area contributed by atoms with Gasteiger partial charge in [-0.3, -0.25) is 9.48 Å². The molecule has 1 atom stereocenters. The lowest BCUT2D eigenvalue weighted by Crippen LogP contribution is -2.39. The van der Waals surface area contributed by atoms with Gasteiger partial charge in [0.1, 0.15) is 5.65 Å². The van der Waals surface area contributed by atoms with E-state index in [0.717, 1.165) is 23.3 Å². The van der Waals surface area contributed by atoms with Crippen LogP contribution in [0.5, 0.6) is 0 Å². The summed E-state index contributed by atoms with van der Waals surface area (Å²) in [5.74, 6) is -4.14. The van der Waals surface area contributed by atoms with E-state index < -0.39 is 17.5 Å². The lowest BCUT2D eigenvalue weighted by Gasteiger charge is -2.33. The van der Waals surface area contributed by atoms with Crippen LogP contribution in [0.4, 0.5) is 13.2 Å². The number of pyridine rings is 1. The largest absolute Gasteiger partial charge is 0.330 e. The maximum absolute atomic E-state index is 13.8. The van der Waals surface area contributed by atoms with Gasteiger partial charge >= 0.3 is 0 Å². The van der Waals surface area contributed by atoms with Gasteiger partial charge < -0.3 is 9.30 Å². The molecule has 0 radical (unpaired) electrons. The van der Waals surface area contributed by atoms with Gasteiger partial charge in [-0.15, -0.1) is 0 Å². The lowest BCUT2D eigenvalue weighted by atomic mass is 9.95. The molecule has 0 saturated carbocycles. The molecule has 158 valence electrons. The minimum atomic E-state index is -1.50. The molecule has 1 aromatic carbocycles. The van der Waals surface area contributed by atoms with Crippen molar-refractivity contribution in [1.29, 1.82) is 0 Å². The van der Waals surface area contributed by atoms with Crippen LogP contribution in [0.3, 0.4) is 0 Å². The number of imidazole rings is 1. The lowest BCUT2D eigenvalue weighted by molar-refractivity contribution is 0.0673. The molecular formula is C22H18F3N5O. The molecule has 0 bridgehead atoms. The summed E-state index contributed by atoms with van der Waals surface area (Å²) in [5, 5.41) is 4.53. The van der Waals surface area contributed by atoms with Crippen molar-refractivity contribution < 1.29 is 18.0 Å². The van der Waals surface area contributed by atoms with Gasteiger partial charge in [0, 0.05) is 43.3 Å². The number of hydrogen-bond acceptors (Lipinski definition) is 3. The summed E-state index contributed by atoms with van der Waals surface area (Å²) in [6, 6.07) is 5.12. The van der Waals surface area contributed by atoms with Crippen molar-refractivity contribution in [1.82, 2.24) is 24.1 Å². The molecule has 0 N–H and O–H groups in total. The van der Waals surface area contributed by atoms with Crippen molar-refractivity contribution in [3.05, 3.63) is 77.1 Å². The van der Waals surface area contributed by atoms with Crippen LogP contribution < -0.4 is 0 Å². The molecule has 6 nitrogen and oxygen atoms in total. The van der Waals surface area contributed by atoms with Gasteiger partial charge in [0.05, 0.1) is 23.0 Å². The molecule has 0 spiro atoms. The highest BCUT2D eigenvalue weighted by atomic mass is 19.2. The number of nitrogens with zero attached hydrogens (tertiary/aromatic N) is 5. The second-order valence-electron chi connectivity index (χ2n) is 7.62. The van der Waals surface area contributed by atoms with Crippen molar-refractivity contribution in [2.75, 3.05) is 6.54 Å². The first-order valence-electron chi connectivity index (χ1n) is 9.79. The average Bonchev–Trinajstić information content (AvgIpc) is 3.35. The molecule has 5 rings (SSSR count). The molecule has 1 aliphatic heterocycles. The van der Waals surface area contributed by atoms with Crippen LogP contribution in [0.1, 0.15) is 34.6 Å². The van der Waals surface area contributed by atoms with Crippen molar-refractivity contribution in [2.24, 2.45) is 7.05 Å². The van der Waals surface area contributed by atoms with Gasteiger partial charge in [-0.1, -0.05) is 0 Å². The highest BCUT2D eigenvalue weighted by Gasteiger charge is 2.33. The number of fused-ring (bicyclic) bond motifs is 2. The molecule has 0 fully saturated rings. The zero-order valence-corrected chi connectivity index (χ0v) is 16.8. The molecule has 3 aromatic heterocycles. The van der Waals surface area contributed by atoms with E-state index in [2.05, 4.69) is 10.1 Å². The van der Waals surface area contributed by atoms with Crippen LogP contribution >= 0.6 is 0 Å². The molecule has 4 heterocycles. The van der Waals surface area contributed by atoms with Crippen molar-refractivity contribution in [2.45, 2.75) is 19.4 Å². The van der Waals surface area contributed by atoms with Crippen molar-refractivity contribution in [3.63, 3.8) is 0 Å². The van der Waals surface area contributed by atoms with Crippen molar-refractivity contribution >= 4 is 11.6 Å². The van der Waals surface area contributed by atoms with Crippen molar-refractivity contribution in [3.8, 4) is 11.3 Å². The highest BCUT2D eigenvalue weighted by Crippen LogP contribution is 2.36. The van der Waals surface area contributed by atoms with Gasteiger partial charge in [0.2, 0.25) is 0 Å². The van der Waals surface area contributed by atoms with Crippen LogP contribution in [0.15, 0.2) is 42.9 Å². The summed E-state index contributed by atoms with van der Waals surface area (Å²) >= 11 is 0. The zero-order valence-electron chi connectivity index (χ0n) is 16.8. The van der Waals surface area contributed by atoms with Crippen LogP contribution in [0.2, 0.25) is 0 Å². The maximum Gasteiger partial charge on any atom is 0.255 e. The molecular weight excluding hydrogens is 407 g/mol. The number of carbonyl (C=O) groups is 1. The number of aryl methyl sites for hydroxylation is 1. The topological polar surface area (TPSA) is 55.4 Å². The summed E-state index contributed by atoms with van der Waals surface area (Å²) in [6.45, 7) is 2.29. The third-order valence-electron chi connectivity index (χ3n) is 5.80. The van der Waals surface area contributed by atoms with Gasteiger partial charge in [-0.2, -0.15) is 5.10 Å². The Bertz CT molecular complexity index is 1320. The maximum atomic E-state index is 13.8. The Labute approximate surface area is 175 Å². The monoisotopic (exact) mass is 425 g/mol. The Balaban J connectivity index is 1.51. The molecule has 1 aliphatic rings. The van der Waals surface area contributed by atoms with E-state index in [-0.39, 0.29) is 17.5 Å². The Morgan fingerprint density at radius 2 is 1.90 bits per heavy atom. The predicted octanol–water partition coefficient (Wildman–Crippen LogP) is 3.91. The average molecular weight is 425 g/mol. The van der Waals surface area contributed by atoms with Gasteiger partial charge in [0.25, 0.3) is 5.91 Å². The molecule has 9 heteroatoms. The summed E-state index contributed by atoms with van der Waals surface area (Å²) in [4.78, 5) is 19.1. The fourth-order valence-electron chi connectivity index (χ4n) is 4.29. The van der Waals surface area contributed by atoms with E-state index in [1.807, 2.05) is 6.92 Å². The smallest absolute Gasteiger partial charge is 0.255 e. The molecule has 4 aromatic rings. The van der Waals surface area contributed by atoms with E-state index in [9.17, 15) is 18.0 Å². The minimum Gasteiger partial charge on any atom is -0.330 e. The summed E-state index contributed by atoms with van der Waals surface area (Å²) in [6.07, 6.45) is 5.63. The number of aromatic nitrogens is 4. The minimum absolute atomic E-state index is 0.139. The van der Waals surface area contributed by atoms with E-state index in [4.69, 9.17) is 0 Å². The fraction of sp³-hybridized carbons (Fsp3) is 0.227. The van der Waals surface area contributed by atoms with Crippen LogP contribution in [0, 0.1) is 17.5 Å². The van der Waals surface area contributed by atoms with Crippen LogP contribution in [0.25, 0.3) is 16.9 Å². The highest BCUT2D eigenvalue weighted by molar-refractivity contribution is 5.94. The third kappa shape index (κ3) is 2.99. The summed E-state index contributed by atoms with van der Waals surface area (Å²) in [7, 11) is 1.67. The zero-order chi connectivity index (χ0) is 21.9. The first-order chi connectivity index (χ1) is 14.8. The normalized spacial score (nSPS) is 16.0. The SMILES string of the molecule is C[C@H]1c2nn(C)c(-c3cc(F)c(F)c(F)c3)c2CCN1C(=O)c1ccc2nccn2c1. The van der Waals surface area contributed by atoms with E-state index in [0.29, 0.717) is 29.9 Å². The number of rotatable bonds is 2. The Morgan fingerprint density at radius 3 is 2.65 bits per heavy atom. The molecule has 1 amide bonds. The number of benzene rings is 1. The first-order valence-corrected chi connectivity index (χ1v) is 9.79. The van der Waals surface area contributed by atoms with Gasteiger partial charge in [0.15, 0.2) is 17.5 Å². The second kappa shape index (κ2) is 6.97. The molecule has 0 unspecified atom stereocenters. The number of halogens is 3. The molecule has 31 heavy (non-hydrogen) atoms. The molecule has 0 saturated heterocycles. The quantitative estimate of drug-likeness (QED) is 0.458. The Kier molecular flexibility index (Phi) is 4.35. The Morgan fingerprint density at radius 1 is 1.16 bits per heavy atom. The van der Waals surface area contributed by atoms with E-state index >= 15 is 0 Å². The first kappa shape index (κ1) is 19.3. The fourth-order valence-corrected chi connectivity index (χ4v) is 4.29. The van der Waals surface area contributed by atoms with E-state index in [1.54, 1.807) is 47.1 Å². The summed E-state index contributed by atoms with van der Waals surface area (Å²) in [5.41, 5.74) is 3.47.